The summed E-state index contributed by atoms with van der Waals surface area (Å²) in [5, 5.41) is 12.6. The fraction of sp³-hybridized carbons (Fsp3) is 0.600. The van der Waals surface area contributed by atoms with E-state index in [2.05, 4.69) is 12.2 Å². The van der Waals surface area contributed by atoms with Crippen molar-refractivity contribution in [3.05, 3.63) is 35.6 Å². The SMILES string of the molecule is CCCCC(CO)NC(C)Cc1ccccc1F. The Morgan fingerprint density at radius 1 is 1.33 bits per heavy atom. The highest BCUT2D eigenvalue weighted by molar-refractivity contribution is 5.18. The Morgan fingerprint density at radius 2 is 2.06 bits per heavy atom. The summed E-state index contributed by atoms with van der Waals surface area (Å²) in [6.07, 6.45) is 3.84. The maximum Gasteiger partial charge on any atom is 0.126 e. The summed E-state index contributed by atoms with van der Waals surface area (Å²) in [6, 6.07) is 7.14. The van der Waals surface area contributed by atoms with Crippen molar-refractivity contribution in [2.45, 2.75) is 51.6 Å². The van der Waals surface area contributed by atoms with Crippen LogP contribution in [0.2, 0.25) is 0 Å². The highest BCUT2D eigenvalue weighted by Gasteiger charge is 2.12. The molecule has 0 bridgehead atoms. The molecule has 0 aliphatic rings. The van der Waals surface area contributed by atoms with Gasteiger partial charge in [0.05, 0.1) is 6.61 Å². The lowest BCUT2D eigenvalue weighted by molar-refractivity contribution is 0.223. The fourth-order valence-corrected chi connectivity index (χ4v) is 2.13. The zero-order chi connectivity index (χ0) is 13.4. The molecule has 0 saturated heterocycles. The van der Waals surface area contributed by atoms with Gasteiger partial charge in [0, 0.05) is 12.1 Å². The Morgan fingerprint density at radius 3 is 2.67 bits per heavy atom. The normalized spacial score (nSPS) is 14.4. The summed E-state index contributed by atoms with van der Waals surface area (Å²) in [7, 11) is 0. The predicted molar refractivity (Wildman–Crippen MR) is 73.1 cm³/mol. The summed E-state index contributed by atoms with van der Waals surface area (Å²) in [5.74, 6) is -0.153. The Kier molecular flexibility index (Phi) is 6.91. The molecule has 2 N–H and O–H groups in total. The first kappa shape index (κ1) is 15.1. The standard InChI is InChI=1S/C15H24FNO/c1-3-4-8-14(11-18)17-12(2)10-13-7-5-6-9-15(13)16/h5-7,9,12,14,17-18H,3-4,8,10-11H2,1-2H3. The lowest BCUT2D eigenvalue weighted by Crippen LogP contribution is -2.40. The molecule has 0 radical (unpaired) electrons. The highest BCUT2D eigenvalue weighted by Crippen LogP contribution is 2.10. The summed E-state index contributed by atoms with van der Waals surface area (Å²) in [5.41, 5.74) is 0.727. The minimum Gasteiger partial charge on any atom is -0.395 e. The van der Waals surface area contributed by atoms with Gasteiger partial charge in [-0.3, -0.25) is 0 Å². The molecule has 0 aliphatic heterocycles. The van der Waals surface area contributed by atoms with Crippen LogP contribution in [0.4, 0.5) is 4.39 Å². The van der Waals surface area contributed by atoms with Crippen LogP contribution in [0.15, 0.2) is 24.3 Å². The number of nitrogens with one attached hydrogen (secondary N) is 1. The summed E-state index contributed by atoms with van der Waals surface area (Å²) >= 11 is 0. The molecule has 2 atom stereocenters. The topological polar surface area (TPSA) is 32.3 Å². The Bertz CT molecular complexity index is 343. The fourth-order valence-electron chi connectivity index (χ4n) is 2.13. The molecule has 0 aliphatic carbocycles. The van der Waals surface area contributed by atoms with E-state index in [0.717, 1.165) is 24.8 Å². The van der Waals surface area contributed by atoms with Crippen LogP contribution in [-0.4, -0.2) is 23.8 Å². The number of aliphatic hydroxyl groups is 1. The number of hydrogen-bond donors (Lipinski definition) is 2. The van der Waals surface area contributed by atoms with Crippen molar-refractivity contribution < 1.29 is 9.50 Å². The lowest BCUT2D eigenvalue weighted by atomic mass is 10.0. The molecule has 0 spiro atoms. The molecule has 0 heterocycles. The molecular weight excluding hydrogens is 229 g/mol. The number of hydrogen-bond acceptors (Lipinski definition) is 2. The first-order chi connectivity index (χ1) is 8.67. The summed E-state index contributed by atoms with van der Waals surface area (Å²) < 4.78 is 13.5. The number of aliphatic hydroxyl groups excluding tert-OH is 1. The Hall–Kier alpha value is -0.930. The van der Waals surface area contributed by atoms with Crippen LogP contribution in [0.5, 0.6) is 0 Å². The van der Waals surface area contributed by atoms with Crippen LogP contribution in [0, 0.1) is 5.82 Å². The van der Waals surface area contributed by atoms with Crippen LogP contribution in [0.3, 0.4) is 0 Å². The van der Waals surface area contributed by atoms with Gasteiger partial charge in [-0.25, -0.2) is 4.39 Å². The minimum absolute atomic E-state index is 0.117. The highest BCUT2D eigenvalue weighted by atomic mass is 19.1. The van der Waals surface area contributed by atoms with Crippen molar-refractivity contribution in [3.63, 3.8) is 0 Å². The Labute approximate surface area is 109 Å². The van der Waals surface area contributed by atoms with E-state index < -0.39 is 0 Å². The van der Waals surface area contributed by atoms with Gasteiger partial charge in [0.1, 0.15) is 5.82 Å². The monoisotopic (exact) mass is 253 g/mol. The van der Waals surface area contributed by atoms with E-state index in [1.807, 2.05) is 19.1 Å². The molecule has 1 aromatic rings. The summed E-state index contributed by atoms with van der Waals surface area (Å²) in [6.45, 7) is 4.31. The van der Waals surface area contributed by atoms with Gasteiger partial charge in [-0.2, -0.15) is 0 Å². The van der Waals surface area contributed by atoms with E-state index in [4.69, 9.17) is 0 Å². The van der Waals surface area contributed by atoms with Crippen molar-refractivity contribution >= 4 is 0 Å². The average Bonchev–Trinajstić information content (AvgIpc) is 2.37. The second kappa shape index (κ2) is 8.22. The van der Waals surface area contributed by atoms with E-state index in [9.17, 15) is 9.50 Å². The zero-order valence-corrected chi connectivity index (χ0v) is 11.3. The quantitative estimate of drug-likeness (QED) is 0.746. The van der Waals surface area contributed by atoms with E-state index in [0.29, 0.717) is 6.42 Å². The number of rotatable bonds is 8. The molecule has 0 amide bonds. The number of benzene rings is 1. The molecule has 18 heavy (non-hydrogen) atoms. The van der Waals surface area contributed by atoms with Crippen molar-refractivity contribution in [2.75, 3.05) is 6.61 Å². The van der Waals surface area contributed by atoms with Gasteiger partial charge >= 0.3 is 0 Å². The molecule has 2 nitrogen and oxygen atoms in total. The third-order valence-electron chi connectivity index (χ3n) is 3.13. The van der Waals surface area contributed by atoms with Crippen molar-refractivity contribution in [1.82, 2.24) is 5.32 Å². The van der Waals surface area contributed by atoms with Gasteiger partial charge in [0.2, 0.25) is 0 Å². The molecule has 2 unspecified atom stereocenters. The molecule has 3 heteroatoms. The van der Waals surface area contributed by atoms with Crippen molar-refractivity contribution in [3.8, 4) is 0 Å². The second-order valence-corrected chi connectivity index (χ2v) is 4.88. The molecular formula is C15H24FNO. The second-order valence-electron chi connectivity index (χ2n) is 4.88. The predicted octanol–water partition coefficient (Wildman–Crippen LogP) is 2.90. The Balaban J connectivity index is 2.45. The summed E-state index contributed by atoms with van der Waals surface area (Å²) in [4.78, 5) is 0. The lowest BCUT2D eigenvalue weighted by Gasteiger charge is -2.21. The van der Waals surface area contributed by atoms with Gasteiger partial charge in [-0.15, -0.1) is 0 Å². The van der Waals surface area contributed by atoms with Gasteiger partial charge in [0.15, 0.2) is 0 Å². The van der Waals surface area contributed by atoms with E-state index in [-0.39, 0.29) is 24.5 Å². The smallest absolute Gasteiger partial charge is 0.126 e. The molecule has 102 valence electrons. The van der Waals surface area contributed by atoms with Crippen molar-refractivity contribution in [2.24, 2.45) is 0 Å². The van der Waals surface area contributed by atoms with E-state index in [1.54, 1.807) is 6.07 Å². The third-order valence-corrected chi connectivity index (χ3v) is 3.13. The first-order valence-corrected chi connectivity index (χ1v) is 6.77. The van der Waals surface area contributed by atoms with Gasteiger partial charge < -0.3 is 10.4 Å². The van der Waals surface area contributed by atoms with E-state index in [1.165, 1.54) is 6.07 Å². The number of unbranched alkanes of at least 4 members (excludes halogenated alkanes) is 1. The molecule has 0 aromatic heterocycles. The van der Waals surface area contributed by atoms with Crippen LogP contribution >= 0.6 is 0 Å². The van der Waals surface area contributed by atoms with E-state index >= 15 is 0 Å². The van der Waals surface area contributed by atoms with Crippen LogP contribution in [0.25, 0.3) is 0 Å². The van der Waals surface area contributed by atoms with Crippen LogP contribution in [0.1, 0.15) is 38.7 Å². The maximum atomic E-state index is 13.5. The third kappa shape index (κ3) is 5.15. The van der Waals surface area contributed by atoms with Crippen LogP contribution in [-0.2, 0) is 6.42 Å². The molecule has 0 saturated carbocycles. The molecule has 1 aromatic carbocycles. The van der Waals surface area contributed by atoms with Crippen molar-refractivity contribution in [1.29, 1.82) is 0 Å². The molecule has 0 fully saturated rings. The zero-order valence-electron chi connectivity index (χ0n) is 11.3. The maximum absolute atomic E-state index is 13.5. The molecule has 1 rings (SSSR count). The van der Waals surface area contributed by atoms with Gasteiger partial charge in [0.25, 0.3) is 0 Å². The number of halogens is 1. The minimum atomic E-state index is -0.153. The average molecular weight is 253 g/mol. The van der Waals surface area contributed by atoms with Crippen LogP contribution < -0.4 is 5.32 Å². The first-order valence-electron chi connectivity index (χ1n) is 6.77. The largest absolute Gasteiger partial charge is 0.395 e. The van der Waals surface area contributed by atoms with Gasteiger partial charge in [-0.1, -0.05) is 38.0 Å². The van der Waals surface area contributed by atoms with Gasteiger partial charge in [-0.05, 0) is 31.4 Å².